The average molecular weight is 330 g/mol. The molecule has 1 heterocycles. The fraction of sp³-hybridized carbons (Fsp3) is 0.421. The second-order valence-electron chi connectivity index (χ2n) is 6.04. The van der Waals surface area contributed by atoms with Crippen molar-refractivity contribution in [1.29, 1.82) is 0 Å². The second kappa shape index (κ2) is 8.02. The Balaban J connectivity index is 2.41. The highest BCUT2D eigenvalue weighted by molar-refractivity contribution is 5.87. The molecule has 130 valence electrons. The largest absolute Gasteiger partial charge is 0.497 e. The van der Waals surface area contributed by atoms with Gasteiger partial charge in [0.15, 0.2) is 0 Å². The lowest BCUT2D eigenvalue weighted by molar-refractivity contribution is -0.144. The second-order valence-corrected chi connectivity index (χ2v) is 6.04. The quantitative estimate of drug-likeness (QED) is 0.604. The van der Waals surface area contributed by atoms with Gasteiger partial charge in [0.2, 0.25) is 0 Å². The van der Waals surface area contributed by atoms with Crippen LogP contribution in [0.5, 0.6) is 5.75 Å². The summed E-state index contributed by atoms with van der Waals surface area (Å²) in [6.07, 6.45) is 3.36. The van der Waals surface area contributed by atoms with Gasteiger partial charge in [-0.05, 0) is 38.5 Å². The van der Waals surface area contributed by atoms with Crippen molar-refractivity contribution in [2.75, 3.05) is 13.7 Å². The zero-order valence-electron chi connectivity index (χ0n) is 14.8. The highest BCUT2D eigenvalue weighted by atomic mass is 16.5. The van der Waals surface area contributed by atoms with Gasteiger partial charge in [-0.2, -0.15) is 0 Å². The third-order valence-electron chi connectivity index (χ3n) is 3.93. The molecule has 1 atom stereocenters. The molecule has 1 aromatic carbocycles. The minimum absolute atomic E-state index is 0.336. The van der Waals surface area contributed by atoms with E-state index in [0.717, 1.165) is 34.3 Å². The van der Waals surface area contributed by atoms with Crippen molar-refractivity contribution >= 4 is 16.9 Å². The fourth-order valence-electron chi connectivity index (χ4n) is 2.68. The minimum atomic E-state index is -0.670. The summed E-state index contributed by atoms with van der Waals surface area (Å²) in [4.78, 5) is 15.3. The van der Waals surface area contributed by atoms with Crippen LogP contribution in [-0.4, -0.2) is 30.7 Å². The molecule has 0 spiro atoms. The Bertz CT molecular complexity index is 742. The lowest BCUT2D eigenvalue weighted by Gasteiger charge is -2.11. The summed E-state index contributed by atoms with van der Waals surface area (Å²) in [6.45, 7) is 6.25. The van der Waals surface area contributed by atoms with Crippen LogP contribution in [0.1, 0.15) is 32.0 Å². The van der Waals surface area contributed by atoms with Crippen LogP contribution in [0.2, 0.25) is 0 Å². The lowest BCUT2D eigenvalue weighted by Crippen LogP contribution is -2.34. The Hall–Kier alpha value is -2.27. The maximum Gasteiger partial charge on any atom is 0.323 e. The molecule has 2 aromatic rings. The van der Waals surface area contributed by atoms with E-state index in [9.17, 15) is 4.79 Å². The minimum Gasteiger partial charge on any atom is -0.497 e. The van der Waals surface area contributed by atoms with Crippen molar-refractivity contribution in [2.45, 2.75) is 39.7 Å². The first-order chi connectivity index (χ1) is 11.5. The predicted molar refractivity (Wildman–Crippen MR) is 96.3 cm³/mol. The third kappa shape index (κ3) is 4.17. The normalized spacial score (nSPS) is 12.0. The van der Waals surface area contributed by atoms with Crippen LogP contribution in [0.4, 0.5) is 0 Å². The number of aromatic amines is 1. The molecule has 3 N–H and O–H groups in total. The first-order valence-electron chi connectivity index (χ1n) is 8.19. The summed E-state index contributed by atoms with van der Waals surface area (Å²) >= 11 is 0. The zero-order valence-corrected chi connectivity index (χ0v) is 14.8. The fourth-order valence-corrected chi connectivity index (χ4v) is 2.68. The highest BCUT2D eigenvalue weighted by Gasteiger charge is 2.20. The molecule has 0 bridgehead atoms. The van der Waals surface area contributed by atoms with Crippen molar-refractivity contribution in [2.24, 2.45) is 5.73 Å². The molecule has 0 aliphatic heterocycles. The van der Waals surface area contributed by atoms with Gasteiger partial charge in [-0.25, -0.2) is 0 Å². The van der Waals surface area contributed by atoms with Crippen LogP contribution < -0.4 is 10.5 Å². The summed E-state index contributed by atoms with van der Waals surface area (Å²) < 4.78 is 10.3. The molecule has 24 heavy (non-hydrogen) atoms. The molecule has 0 saturated carbocycles. The highest BCUT2D eigenvalue weighted by Crippen LogP contribution is 2.28. The zero-order chi connectivity index (χ0) is 17.7. The molecule has 1 aromatic heterocycles. The first-order valence-corrected chi connectivity index (χ1v) is 8.19. The van der Waals surface area contributed by atoms with Gasteiger partial charge in [-0.3, -0.25) is 4.79 Å². The Labute approximate surface area is 142 Å². The van der Waals surface area contributed by atoms with Gasteiger partial charge in [-0.1, -0.05) is 11.6 Å². The van der Waals surface area contributed by atoms with Crippen LogP contribution in [0, 0.1) is 0 Å². The van der Waals surface area contributed by atoms with E-state index in [1.54, 1.807) is 14.0 Å². The maximum atomic E-state index is 11.9. The number of H-pyrrole nitrogens is 1. The summed E-state index contributed by atoms with van der Waals surface area (Å²) in [5, 5.41) is 1.06. The lowest BCUT2D eigenvalue weighted by atomic mass is 10.0. The van der Waals surface area contributed by atoms with Crippen LogP contribution in [0.3, 0.4) is 0 Å². The number of allylic oxidation sites excluding steroid dienone is 2. The van der Waals surface area contributed by atoms with E-state index < -0.39 is 6.04 Å². The Morgan fingerprint density at radius 3 is 2.75 bits per heavy atom. The molecule has 0 saturated heterocycles. The van der Waals surface area contributed by atoms with E-state index in [1.165, 1.54) is 5.57 Å². The Morgan fingerprint density at radius 2 is 2.12 bits per heavy atom. The summed E-state index contributed by atoms with van der Waals surface area (Å²) in [5.74, 6) is 0.423. The topological polar surface area (TPSA) is 77.3 Å². The van der Waals surface area contributed by atoms with Crippen molar-refractivity contribution < 1.29 is 14.3 Å². The van der Waals surface area contributed by atoms with Gasteiger partial charge in [0.25, 0.3) is 0 Å². The Morgan fingerprint density at radius 1 is 1.38 bits per heavy atom. The molecule has 0 aliphatic rings. The molecular weight excluding hydrogens is 304 g/mol. The molecule has 2 rings (SSSR count). The number of aromatic nitrogens is 1. The number of ether oxygens (including phenoxy) is 2. The third-order valence-corrected chi connectivity index (χ3v) is 3.93. The van der Waals surface area contributed by atoms with Gasteiger partial charge in [0.1, 0.15) is 11.8 Å². The van der Waals surface area contributed by atoms with Crippen LogP contribution in [-0.2, 0) is 22.4 Å². The summed E-state index contributed by atoms with van der Waals surface area (Å²) in [7, 11) is 1.64. The number of fused-ring (bicyclic) bond motifs is 1. The summed E-state index contributed by atoms with van der Waals surface area (Å²) in [5.41, 5.74) is 10.4. The SMILES string of the molecule is CCOC(=O)[C@@H](N)Cc1c(CC=C(C)C)[nH]c2cc(OC)ccc12. The molecule has 0 radical (unpaired) electrons. The maximum absolute atomic E-state index is 11.9. The molecule has 0 amide bonds. The molecule has 0 aliphatic carbocycles. The number of carbonyl (C=O) groups excluding carboxylic acids is 1. The van der Waals surface area contributed by atoms with E-state index in [2.05, 4.69) is 24.9 Å². The van der Waals surface area contributed by atoms with E-state index in [0.29, 0.717) is 13.0 Å². The van der Waals surface area contributed by atoms with Crippen molar-refractivity contribution in [3.63, 3.8) is 0 Å². The number of methoxy groups -OCH3 is 1. The molecule has 5 heteroatoms. The van der Waals surface area contributed by atoms with Gasteiger partial charge in [-0.15, -0.1) is 0 Å². The van der Waals surface area contributed by atoms with Crippen molar-refractivity contribution in [3.05, 3.63) is 41.1 Å². The Kier molecular flexibility index (Phi) is 6.04. The van der Waals surface area contributed by atoms with Gasteiger partial charge >= 0.3 is 5.97 Å². The van der Waals surface area contributed by atoms with E-state index >= 15 is 0 Å². The van der Waals surface area contributed by atoms with Gasteiger partial charge in [0, 0.05) is 35.5 Å². The smallest absolute Gasteiger partial charge is 0.323 e. The molecule has 0 unspecified atom stereocenters. The monoisotopic (exact) mass is 330 g/mol. The van der Waals surface area contributed by atoms with Crippen LogP contribution in [0.15, 0.2) is 29.8 Å². The predicted octanol–water partition coefficient (Wildman–Crippen LogP) is 3.12. The van der Waals surface area contributed by atoms with Crippen LogP contribution >= 0.6 is 0 Å². The van der Waals surface area contributed by atoms with Gasteiger partial charge < -0.3 is 20.2 Å². The molecular formula is C19H26N2O3. The number of esters is 1. The standard InChI is InChI=1S/C19H26N2O3/c1-5-24-19(22)16(20)11-15-14-8-7-13(23-4)10-18(14)21-17(15)9-6-12(2)3/h6-8,10,16,21H,5,9,11,20H2,1-4H3/t16-/m0/s1. The number of nitrogens with two attached hydrogens (primary N) is 1. The number of carbonyl (C=O) groups is 1. The number of hydrogen-bond acceptors (Lipinski definition) is 4. The first kappa shape index (κ1) is 18.1. The number of benzene rings is 1. The average Bonchev–Trinajstić information content (AvgIpc) is 2.89. The van der Waals surface area contributed by atoms with Crippen molar-refractivity contribution in [3.8, 4) is 5.75 Å². The summed E-state index contributed by atoms with van der Waals surface area (Å²) in [6, 6.07) is 5.21. The van der Waals surface area contributed by atoms with Crippen LogP contribution in [0.25, 0.3) is 10.9 Å². The number of rotatable bonds is 7. The number of hydrogen-bond donors (Lipinski definition) is 2. The molecule has 0 fully saturated rings. The molecule has 5 nitrogen and oxygen atoms in total. The van der Waals surface area contributed by atoms with Gasteiger partial charge in [0.05, 0.1) is 13.7 Å². The van der Waals surface area contributed by atoms with E-state index in [1.807, 2.05) is 18.2 Å². The van der Waals surface area contributed by atoms with E-state index in [4.69, 9.17) is 15.2 Å². The van der Waals surface area contributed by atoms with E-state index in [-0.39, 0.29) is 5.97 Å². The number of nitrogens with one attached hydrogen (secondary N) is 1. The van der Waals surface area contributed by atoms with Crippen molar-refractivity contribution in [1.82, 2.24) is 4.98 Å².